The Balaban J connectivity index is 3.02. The number of nitrogens with two attached hydrogens (primary N) is 2. The molecule has 0 saturated heterocycles. The van der Waals surface area contributed by atoms with Gasteiger partial charge in [0.15, 0.2) is 0 Å². The molecule has 1 rings (SSSR count). The van der Waals surface area contributed by atoms with E-state index in [0.29, 0.717) is 17.8 Å². The van der Waals surface area contributed by atoms with Gasteiger partial charge in [-0.15, -0.1) is 0 Å². The van der Waals surface area contributed by atoms with Crippen LogP contribution in [-0.2, 0) is 4.79 Å². The summed E-state index contributed by atoms with van der Waals surface area (Å²) in [5.41, 5.74) is 12.7. The maximum Gasteiger partial charge on any atom is 0.248 e. The number of hydrogen-bond donors (Lipinski definition) is 3. The molecular formula is C13H20N4O2. The van der Waals surface area contributed by atoms with Gasteiger partial charge in [0.1, 0.15) is 0 Å². The lowest BCUT2D eigenvalue weighted by molar-refractivity contribution is -0.119. The van der Waals surface area contributed by atoms with Crippen LogP contribution in [0.1, 0.15) is 23.7 Å². The second-order valence-corrected chi connectivity index (χ2v) is 4.23. The number of likely N-dealkylation sites (N-methyl/N-ethyl adjacent to an activating group) is 1. The largest absolute Gasteiger partial charge is 0.397 e. The molecule has 0 aliphatic carbocycles. The predicted molar refractivity (Wildman–Crippen MR) is 75.9 cm³/mol. The van der Waals surface area contributed by atoms with Crippen LogP contribution < -0.4 is 21.7 Å². The van der Waals surface area contributed by atoms with Gasteiger partial charge in [-0.25, -0.2) is 0 Å². The molecule has 1 aromatic rings. The van der Waals surface area contributed by atoms with Crippen molar-refractivity contribution in [3.8, 4) is 0 Å². The Bertz CT molecular complexity index is 474. The molecule has 5 N–H and O–H groups in total. The number of primary amides is 1. The third-order valence-corrected chi connectivity index (χ3v) is 2.76. The molecule has 6 heteroatoms. The number of benzene rings is 1. The Morgan fingerprint density at radius 3 is 2.53 bits per heavy atom. The molecule has 6 nitrogen and oxygen atoms in total. The van der Waals surface area contributed by atoms with Crippen molar-refractivity contribution >= 4 is 23.2 Å². The van der Waals surface area contributed by atoms with E-state index in [1.165, 1.54) is 6.07 Å². The lowest BCUT2D eigenvalue weighted by atomic mass is 10.1. The van der Waals surface area contributed by atoms with Crippen LogP contribution in [0.2, 0.25) is 0 Å². The minimum Gasteiger partial charge on any atom is -0.397 e. The standard InChI is InChI=1S/C13H20N4O2/c1-3-6-17(8-12(18)16-2)11-5-4-9(13(15)19)7-10(11)14/h4-5,7H,3,6,8,14H2,1-2H3,(H2,15,19)(H,16,18). The van der Waals surface area contributed by atoms with Crippen molar-refractivity contribution in [2.75, 3.05) is 30.8 Å². The highest BCUT2D eigenvalue weighted by atomic mass is 16.2. The first-order valence-electron chi connectivity index (χ1n) is 6.14. The topological polar surface area (TPSA) is 101 Å². The molecule has 0 spiro atoms. The normalized spacial score (nSPS) is 10.0. The van der Waals surface area contributed by atoms with E-state index in [1.54, 1.807) is 19.2 Å². The van der Waals surface area contributed by atoms with Gasteiger partial charge in [0.2, 0.25) is 11.8 Å². The minimum atomic E-state index is -0.522. The van der Waals surface area contributed by atoms with Gasteiger partial charge in [0.25, 0.3) is 0 Å². The van der Waals surface area contributed by atoms with Crippen molar-refractivity contribution in [1.29, 1.82) is 0 Å². The third-order valence-electron chi connectivity index (χ3n) is 2.76. The summed E-state index contributed by atoms with van der Waals surface area (Å²) in [4.78, 5) is 24.4. The number of amides is 2. The SMILES string of the molecule is CCCN(CC(=O)NC)c1ccc(C(N)=O)cc1N. The fraction of sp³-hybridized carbons (Fsp3) is 0.385. The molecule has 0 bridgehead atoms. The Hall–Kier alpha value is -2.24. The number of anilines is 2. The lowest BCUT2D eigenvalue weighted by Gasteiger charge is -2.25. The second-order valence-electron chi connectivity index (χ2n) is 4.23. The fourth-order valence-corrected chi connectivity index (χ4v) is 1.80. The number of nitrogens with zero attached hydrogens (tertiary/aromatic N) is 1. The summed E-state index contributed by atoms with van der Waals surface area (Å²) in [7, 11) is 1.59. The van der Waals surface area contributed by atoms with E-state index in [0.717, 1.165) is 12.1 Å². The Kier molecular flexibility index (Phi) is 5.17. The molecule has 0 aromatic heterocycles. The number of rotatable bonds is 6. The summed E-state index contributed by atoms with van der Waals surface area (Å²) in [6, 6.07) is 4.86. The van der Waals surface area contributed by atoms with E-state index >= 15 is 0 Å². The summed E-state index contributed by atoms with van der Waals surface area (Å²) in [5, 5.41) is 2.58. The predicted octanol–water partition coefficient (Wildman–Crippen LogP) is 0.330. The monoisotopic (exact) mass is 264 g/mol. The minimum absolute atomic E-state index is 0.0909. The zero-order chi connectivity index (χ0) is 14.4. The van der Waals surface area contributed by atoms with Gasteiger partial charge in [-0.3, -0.25) is 9.59 Å². The average molecular weight is 264 g/mol. The molecule has 0 fully saturated rings. The van der Waals surface area contributed by atoms with E-state index in [-0.39, 0.29) is 12.5 Å². The summed E-state index contributed by atoms with van der Waals surface area (Å²) < 4.78 is 0. The molecule has 1 aromatic carbocycles. The third kappa shape index (κ3) is 3.87. The molecule has 0 radical (unpaired) electrons. The highest BCUT2D eigenvalue weighted by molar-refractivity contribution is 5.95. The van der Waals surface area contributed by atoms with Crippen molar-refractivity contribution in [2.45, 2.75) is 13.3 Å². The second kappa shape index (κ2) is 6.63. The summed E-state index contributed by atoms with van der Waals surface area (Å²) in [5.74, 6) is -0.613. The van der Waals surface area contributed by atoms with Crippen molar-refractivity contribution < 1.29 is 9.59 Å². The molecule has 2 amide bonds. The van der Waals surface area contributed by atoms with Crippen molar-refractivity contribution in [3.63, 3.8) is 0 Å². The molecule has 0 heterocycles. The maximum absolute atomic E-state index is 11.5. The molecule has 0 saturated carbocycles. The molecular weight excluding hydrogens is 244 g/mol. The zero-order valence-corrected chi connectivity index (χ0v) is 11.3. The van der Waals surface area contributed by atoms with Crippen LogP contribution in [-0.4, -0.2) is 32.0 Å². The highest BCUT2D eigenvalue weighted by Gasteiger charge is 2.13. The maximum atomic E-state index is 11.5. The quantitative estimate of drug-likeness (QED) is 0.644. The number of carbonyl (C=O) groups is 2. The van der Waals surface area contributed by atoms with Crippen LogP contribution in [0.15, 0.2) is 18.2 Å². The smallest absolute Gasteiger partial charge is 0.248 e. The van der Waals surface area contributed by atoms with Crippen LogP contribution in [0.5, 0.6) is 0 Å². The number of hydrogen-bond acceptors (Lipinski definition) is 4. The van der Waals surface area contributed by atoms with Crippen molar-refractivity contribution in [3.05, 3.63) is 23.8 Å². The van der Waals surface area contributed by atoms with E-state index in [1.807, 2.05) is 11.8 Å². The van der Waals surface area contributed by atoms with Crippen LogP contribution in [0.25, 0.3) is 0 Å². The van der Waals surface area contributed by atoms with Crippen LogP contribution in [0.4, 0.5) is 11.4 Å². The fourth-order valence-electron chi connectivity index (χ4n) is 1.80. The van der Waals surface area contributed by atoms with E-state index in [2.05, 4.69) is 5.32 Å². The lowest BCUT2D eigenvalue weighted by Crippen LogP contribution is -2.36. The number of nitrogen functional groups attached to an aromatic ring is 1. The van der Waals surface area contributed by atoms with Gasteiger partial charge in [-0.2, -0.15) is 0 Å². The molecule has 19 heavy (non-hydrogen) atoms. The molecule has 0 unspecified atom stereocenters. The molecule has 0 aliphatic heterocycles. The van der Waals surface area contributed by atoms with Crippen molar-refractivity contribution in [1.82, 2.24) is 5.32 Å². The Morgan fingerprint density at radius 2 is 2.05 bits per heavy atom. The van der Waals surface area contributed by atoms with Crippen LogP contribution in [0, 0.1) is 0 Å². The molecule has 0 aliphatic rings. The van der Waals surface area contributed by atoms with Gasteiger partial charge >= 0.3 is 0 Å². The Morgan fingerprint density at radius 1 is 1.37 bits per heavy atom. The zero-order valence-electron chi connectivity index (χ0n) is 11.3. The van der Waals surface area contributed by atoms with Gasteiger partial charge in [-0.05, 0) is 24.6 Å². The van der Waals surface area contributed by atoms with Crippen LogP contribution >= 0.6 is 0 Å². The van der Waals surface area contributed by atoms with E-state index < -0.39 is 5.91 Å². The van der Waals surface area contributed by atoms with E-state index in [9.17, 15) is 9.59 Å². The Labute approximate surface area is 112 Å². The summed E-state index contributed by atoms with van der Waals surface area (Å²) in [6.45, 7) is 2.95. The first-order valence-corrected chi connectivity index (χ1v) is 6.14. The molecule has 0 atom stereocenters. The van der Waals surface area contributed by atoms with E-state index in [4.69, 9.17) is 11.5 Å². The van der Waals surface area contributed by atoms with Gasteiger partial charge in [0.05, 0.1) is 17.9 Å². The summed E-state index contributed by atoms with van der Waals surface area (Å²) in [6.07, 6.45) is 0.883. The van der Waals surface area contributed by atoms with Gasteiger partial charge in [-0.1, -0.05) is 6.92 Å². The van der Waals surface area contributed by atoms with Crippen LogP contribution in [0.3, 0.4) is 0 Å². The van der Waals surface area contributed by atoms with Gasteiger partial charge < -0.3 is 21.7 Å². The highest BCUT2D eigenvalue weighted by Crippen LogP contribution is 2.24. The average Bonchev–Trinajstić information content (AvgIpc) is 2.37. The van der Waals surface area contributed by atoms with Crippen molar-refractivity contribution in [2.24, 2.45) is 5.73 Å². The molecule has 104 valence electrons. The first-order chi connectivity index (χ1) is 8.99. The number of carbonyl (C=O) groups excluding carboxylic acids is 2. The first kappa shape index (κ1) is 14.8. The number of nitrogens with one attached hydrogen (secondary N) is 1. The van der Waals surface area contributed by atoms with Gasteiger partial charge in [0, 0.05) is 19.2 Å². The summed E-state index contributed by atoms with van der Waals surface area (Å²) >= 11 is 0.